The Morgan fingerprint density at radius 1 is 1.19 bits per heavy atom. The number of ether oxygens (including phenoxy) is 2. The maximum atomic E-state index is 6.07. The van der Waals surface area contributed by atoms with Crippen molar-refractivity contribution < 1.29 is 14.3 Å². The van der Waals surface area contributed by atoms with Crippen molar-refractivity contribution in [1.29, 1.82) is 0 Å². The lowest BCUT2D eigenvalue weighted by molar-refractivity contribution is -0.190. The van der Waals surface area contributed by atoms with Crippen LogP contribution in [0.5, 0.6) is 5.75 Å². The summed E-state index contributed by atoms with van der Waals surface area (Å²) in [5.41, 5.74) is 11.1. The second kappa shape index (κ2) is 8.30. The largest absolute Gasteiger partial charge is 0.492 e. The smallest absolute Gasteiger partial charge is 0.226 e. The minimum absolute atomic E-state index is 0.157. The summed E-state index contributed by atoms with van der Waals surface area (Å²) >= 11 is 11.9. The molecule has 8 nitrogen and oxygen atoms in total. The predicted octanol–water partition coefficient (Wildman–Crippen LogP) is 2.15. The molecule has 3 rings (SSSR count). The number of hydrogen-bond donors (Lipinski definition) is 2. The van der Waals surface area contributed by atoms with Gasteiger partial charge in [-0.3, -0.25) is 4.84 Å². The van der Waals surface area contributed by atoms with Crippen LogP contribution in [0.15, 0.2) is 28.2 Å². The van der Waals surface area contributed by atoms with E-state index in [1.165, 1.54) is 0 Å². The molecule has 1 saturated heterocycles. The monoisotopic (exact) mass is 401 g/mol. The Hall–Kier alpha value is -1.74. The number of halogens is 2. The first kappa shape index (κ1) is 19.0. The summed E-state index contributed by atoms with van der Waals surface area (Å²) in [6.07, 6.45) is 1.87. The molecular formula is C16H21Cl2N5O3. The zero-order chi connectivity index (χ0) is 18.6. The van der Waals surface area contributed by atoms with Gasteiger partial charge in [0, 0.05) is 24.3 Å². The molecule has 4 N–H and O–H groups in total. The van der Waals surface area contributed by atoms with Gasteiger partial charge in [-0.25, -0.2) is 4.99 Å². The number of nitrogens with zero attached hydrogens (tertiary/aromatic N) is 3. The molecule has 2 aliphatic rings. The number of benzene rings is 1. The molecule has 0 atom stereocenters. The topological polar surface area (TPSA) is 108 Å². The Kier molecular flexibility index (Phi) is 6.08. The average Bonchev–Trinajstić information content (AvgIpc) is 2.59. The lowest BCUT2D eigenvalue weighted by Gasteiger charge is -2.43. The number of hydrogen-bond acceptors (Lipinski definition) is 8. The molecule has 1 spiro atoms. The first-order valence-electron chi connectivity index (χ1n) is 8.28. The molecule has 1 aromatic rings. The van der Waals surface area contributed by atoms with E-state index >= 15 is 0 Å². The Morgan fingerprint density at radius 2 is 1.96 bits per heavy atom. The van der Waals surface area contributed by atoms with Crippen molar-refractivity contribution in [1.82, 2.24) is 5.06 Å². The lowest BCUT2D eigenvalue weighted by atomic mass is 10.0. The van der Waals surface area contributed by atoms with Crippen LogP contribution in [0, 0.1) is 0 Å². The number of aliphatic imine (C=N–C) groups is 2. The molecule has 2 aliphatic heterocycles. The SMILES string of the molecule is NC1=NC2(CCOCC2)N(OCCCOc2ccc(Cl)cc2Cl)C(N)=N1. The molecule has 0 saturated carbocycles. The maximum Gasteiger partial charge on any atom is 0.226 e. The molecule has 1 aromatic carbocycles. The van der Waals surface area contributed by atoms with E-state index in [9.17, 15) is 0 Å². The fourth-order valence-electron chi connectivity index (χ4n) is 2.85. The van der Waals surface area contributed by atoms with Crippen LogP contribution in [-0.4, -0.2) is 49.1 Å². The number of guanidine groups is 2. The normalized spacial score (nSPS) is 19.2. The third kappa shape index (κ3) is 4.32. The standard InChI is InChI=1S/C16H21Cl2N5O3/c17-11-2-3-13(12(18)10-11)25-6-1-7-26-23-15(20)21-14(19)22-16(23)4-8-24-9-5-16/h2-3,10H,1,4-9H2,(H4,19,20,21,22). The highest BCUT2D eigenvalue weighted by molar-refractivity contribution is 6.35. The van der Waals surface area contributed by atoms with Crippen molar-refractivity contribution in [3.05, 3.63) is 28.2 Å². The maximum absolute atomic E-state index is 6.07. The fourth-order valence-corrected chi connectivity index (χ4v) is 3.31. The molecule has 0 bridgehead atoms. The second-order valence-corrected chi connectivity index (χ2v) is 6.78. The predicted molar refractivity (Wildman–Crippen MR) is 100 cm³/mol. The van der Waals surface area contributed by atoms with Gasteiger partial charge in [0.25, 0.3) is 0 Å². The van der Waals surface area contributed by atoms with Crippen molar-refractivity contribution in [3.63, 3.8) is 0 Å². The fraction of sp³-hybridized carbons (Fsp3) is 0.500. The highest BCUT2D eigenvalue weighted by atomic mass is 35.5. The van der Waals surface area contributed by atoms with Gasteiger partial charge in [0.1, 0.15) is 5.75 Å². The summed E-state index contributed by atoms with van der Waals surface area (Å²) in [5, 5.41) is 2.57. The molecule has 0 aromatic heterocycles. The van der Waals surface area contributed by atoms with Crippen molar-refractivity contribution >= 4 is 35.1 Å². The van der Waals surface area contributed by atoms with Crippen LogP contribution in [0.4, 0.5) is 0 Å². The van der Waals surface area contributed by atoms with Crippen molar-refractivity contribution in [2.45, 2.75) is 24.9 Å². The summed E-state index contributed by atoms with van der Waals surface area (Å²) in [7, 11) is 0. The molecule has 142 valence electrons. The van der Waals surface area contributed by atoms with E-state index in [-0.39, 0.29) is 11.9 Å². The van der Waals surface area contributed by atoms with Gasteiger partial charge < -0.3 is 20.9 Å². The van der Waals surface area contributed by atoms with Crippen molar-refractivity contribution in [2.75, 3.05) is 26.4 Å². The van der Waals surface area contributed by atoms with Crippen LogP contribution in [-0.2, 0) is 9.57 Å². The molecule has 26 heavy (non-hydrogen) atoms. The summed E-state index contributed by atoms with van der Waals surface area (Å²) < 4.78 is 11.1. The van der Waals surface area contributed by atoms with Gasteiger partial charge in [-0.2, -0.15) is 10.1 Å². The van der Waals surface area contributed by atoms with Crippen LogP contribution < -0.4 is 16.2 Å². The van der Waals surface area contributed by atoms with Gasteiger partial charge in [-0.15, -0.1) is 0 Å². The van der Waals surface area contributed by atoms with Crippen LogP contribution >= 0.6 is 23.2 Å². The van der Waals surface area contributed by atoms with E-state index in [0.717, 1.165) is 0 Å². The van der Waals surface area contributed by atoms with Crippen LogP contribution in [0.3, 0.4) is 0 Å². The van der Waals surface area contributed by atoms with Gasteiger partial charge in [0.2, 0.25) is 11.9 Å². The minimum Gasteiger partial charge on any atom is -0.492 e. The summed E-state index contributed by atoms with van der Waals surface area (Å²) in [4.78, 5) is 14.3. The first-order chi connectivity index (χ1) is 12.5. The molecule has 0 amide bonds. The van der Waals surface area contributed by atoms with Crippen LogP contribution in [0.2, 0.25) is 10.0 Å². The average molecular weight is 402 g/mol. The minimum atomic E-state index is -0.658. The van der Waals surface area contributed by atoms with E-state index in [4.69, 9.17) is 49.0 Å². The number of hydroxylamine groups is 2. The molecule has 10 heteroatoms. The van der Waals surface area contributed by atoms with Gasteiger partial charge in [0.05, 0.1) is 31.5 Å². The van der Waals surface area contributed by atoms with E-state index in [2.05, 4.69) is 9.98 Å². The zero-order valence-electron chi connectivity index (χ0n) is 14.2. The summed E-state index contributed by atoms with van der Waals surface area (Å²) in [6, 6.07) is 5.09. The number of rotatable bonds is 6. The highest BCUT2D eigenvalue weighted by Crippen LogP contribution is 2.32. The molecule has 2 heterocycles. The van der Waals surface area contributed by atoms with Gasteiger partial charge in [-0.05, 0) is 18.2 Å². The Labute approximate surface area is 161 Å². The summed E-state index contributed by atoms with van der Waals surface area (Å²) in [5.74, 6) is 0.930. The van der Waals surface area contributed by atoms with Gasteiger partial charge in [0.15, 0.2) is 5.66 Å². The van der Waals surface area contributed by atoms with Crippen LogP contribution in [0.25, 0.3) is 0 Å². The van der Waals surface area contributed by atoms with Gasteiger partial charge in [-0.1, -0.05) is 23.2 Å². The molecule has 1 fully saturated rings. The number of nitrogens with two attached hydrogens (primary N) is 2. The van der Waals surface area contributed by atoms with E-state index < -0.39 is 5.66 Å². The quantitative estimate of drug-likeness (QED) is 0.706. The van der Waals surface area contributed by atoms with E-state index in [1.807, 2.05) is 0 Å². The summed E-state index contributed by atoms with van der Waals surface area (Å²) in [6.45, 7) is 1.91. The first-order valence-corrected chi connectivity index (χ1v) is 9.04. The Morgan fingerprint density at radius 3 is 2.69 bits per heavy atom. The van der Waals surface area contributed by atoms with Crippen molar-refractivity contribution in [3.8, 4) is 5.75 Å². The van der Waals surface area contributed by atoms with Crippen molar-refractivity contribution in [2.24, 2.45) is 21.5 Å². The van der Waals surface area contributed by atoms with Gasteiger partial charge >= 0.3 is 0 Å². The van der Waals surface area contributed by atoms with Crippen LogP contribution in [0.1, 0.15) is 19.3 Å². The Bertz CT molecular complexity index is 707. The lowest BCUT2D eigenvalue weighted by Crippen LogP contribution is -2.59. The molecule has 0 radical (unpaired) electrons. The molecular weight excluding hydrogens is 381 g/mol. The van der Waals surface area contributed by atoms with E-state index in [1.54, 1.807) is 23.3 Å². The second-order valence-electron chi connectivity index (χ2n) is 5.94. The third-order valence-electron chi connectivity index (χ3n) is 4.09. The van der Waals surface area contributed by atoms with E-state index in [0.29, 0.717) is 61.5 Å². The molecule has 0 aliphatic carbocycles. The zero-order valence-corrected chi connectivity index (χ0v) is 15.7. The Balaban J connectivity index is 1.52. The highest BCUT2D eigenvalue weighted by Gasteiger charge is 2.43. The third-order valence-corrected chi connectivity index (χ3v) is 4.62. The molecule has 0 unspecified atom stereocenters.